The van der Waals surface area contributed by atoms with Gasteiger partial charge in [-0.2, -0.15) is 13.4 Å². The van der Waals surface area contributed by atoms with E-state index in [4.69, 9.17) is 11.6 Å². The molecular weight excluding hydrogens is 394 g/mol. The van der Waals surface area contributed by atoms with Gasteiger partial charge >= 0.3 is 16.0 Å². The van der Waals surface area contributed by atoms with Gasteiger partial charge in [0.1, 0.15) is 0 Å². The lowest BCUT2D eigenvalue weighted by Gasteiger charge is -2.25. The first-order valence-corrected chi connectivity index (χ1v) is 9.73. The van der Waals surface area contributed by atoms with Crippen molar-refractivity contribution in [3.8, 4) is 0 Å². The molecule has 1 N–H and O–H groups in total. The molecule has 0 radical (unpaired) electrons. The van der Waals surface area contributed by atoms with Gasteiger partial charge in [-0.15, -0.1) is 5.10 Å². The topological polar surface area (TPSA) is 118 Å². The van der Waals surface area contributed by atoms with E-state index in [0.29, 0.717) is 11.3 Å². The van der Waals surface area contributed by atoms with Crippen LogP contribution in [0.25, 0.3) is 5.78 Å². The normalized spacial score (nSPS) is 11.7. The summed E-state index contributed by atoms with van der Waals surface area (Å²) < 4.78 is 28.7. The molecule has 0 saturated carbocycles. The fourth-order valence-electron chi connectivity index (χ4n) is 2.71. The zero-order valence-corrected chi connectivity index (χ0v) is 16.3. The highest BCUT2D eigenvalue weighted by molar-refractivity contribution is 7.92. The summed E-state index contributed by atoms with van der Waals surface area (Å²) in [4.78, 5) is 19.6. The van der Waals surface area contributed by atoms with E-state index >= 15 is 0 Å². The predicted molar refractivity (Wildman–Crippen MR) is 98.9 cm³/mol. The standard InChI is InChI=1S/C16H16ClN5O4S/c1-4-21(13-10(3)12(17)6-5-11(13)14(23)24)27(25,26)16-19-15-18-8-7-9(2)22(15)20-16/h5-8H,4H2,1-3H3,(H,23,24). The lowest BCUT2D eigenvalue weighted by Crippen LogP contribution is -2.33. The average molecular weight is 410 g/mol. The lowest BCUT2D eigenvalue weighted by molar-refractivity contribution is 0.0697. The summed E-state index contributed by atoms with van der Waals surface area (Å²) in [5, 5.41) is 13.3. The summed E-state index contributed by atoms with van der Waals surface area (Å²) in [6.07, 6.45) is 1.50. The minimum absolute atomic E-state index is 0.0129. The number of carboxylic acids is 1. The second kappa shape index (κ2) is 6.78. The van der Waals surface area contributed by atoms with Gasteiger partial charge in [-0.3, -0.25) is 4.31 Å². The van der Waals surface area contributed by atoms with Crippen LogP contribution in [0.15, 0.2) is 29.6 Å². The van der Waals surface area contributed by atoms with E-state index in [1.165, 1.54) is 22.8 Å². The molecule has 2 aromatic heterocycles. The SMILES string of the molecule is CCN(c1c(C(=O)O)ccc(Cl)c1C)S(=O)(=O)c1nc2nccc(C)n2n1. The molecule has 3 rings (SSSR count). The second-order valence-corrected chi connectivity index (χ2v) is 7.90. The number of carboxylic acid groups (broad SMARTS) is 1. The molecule has 0 aliphatic heterocycles. The number of aromatic carboxylic acids is 1. The Bertz CT molecular complexity index is 1160. The Hall–Kier alpha value is -2.72. The fourth-order valence-corrected chi connectivity index (χ4v) is 4.26. The maximum atomic E-state index is 13.2. The van der Waals surface area contributed by atoms with Crippen LogP contribution in [0, 0.1) is 13.8 Å². The van der Waals surface area contributed by atoms with Gasteiger partial charge in [0, 0.05) is 23.5 Å². The molecule has 9 nitrogen and oxygen atoms in total. The predicted octanol–water partition coefficient (Wildman–Crippen LogP) is 2.31. The van der Waals surface area contributed by atoms with Crippen molar-refractivity contribution in [2.75, 3.05) is 10.8 Å². The first-order chi connectivity index (χ1) is 12.7. The second-order valence-electron chi connectivity index (χ2n) is 5.74. The van der Waals surface area contributed by atoms with Crippen molar-refractivity contribution in [3.05, 3.63) is 46.2 Å². The largest absolute Gasteiger partial charge is 0.478 e. The zero-order valence-electron chi connectivity index (χ0n) is 14.7. The molecular formula is C16H16ClN5O4S. The van der Waals surface area contributed by atoms with Crippen LogP contribution in [0.3, 0.4) is 0 Å². The first-order valence-electron chi connectivity index (χ1n) is 7.92. The third-order valence-electron chi connectivity index (χ3n) is 4.06. The minimum Gasteiger partial charge on any atom is -0.478 e. The Labute approximate surface area is 160 Å². The van der Waals surface area contributed by atoms with Crippen LogP contribution in [0.5, 0.6) is 0 Å². The van der Waals surface area contributed by atoms with E-state index in [1.54, 1.807) is 26.8 Å². The Morgan fingerprint density at radius 3 is 2.59 bits per heavy atom. The number of aryl methyl sites for hydroxylation is 1. The van der Waals surface area contributed by atoms with Gasteiger partial charge in [-0.1, -0.05) is 11.6 Å². The number of halogens is 1. The molecule has 0 saturated heterocycles. The summed E-state index contributed by atoms with van der Waals surface area (Å²) >= 11 is 6.11. The average Bonchev–Trinajstić information content (AvgIpc) is 3.05. The highest BCUT2D eigenvalue weighted by atomic mass is 35.5. The van der Waals surface area contributed by atoms with Gasteiger partial charge in [0.2, 0.25) is 0 Å². The number of hydrogen-bond donors (Lipinski definition) is 1. The number of sulfonamides is 1. The van der Waals surface area contributed by atoms with Crippen LogP contribution >= 0.6 is 11.6 Å². The minimum atomic E-state index is -4.25. The summed E-state index contributed by atoms with van der Waals surface area (Å²) in [7, 11) is -4.25. The van der Waals surface area contributed by atoms with Crippen molar-refractivity contribution in [2.45, 2.75) is 25.9 Å². The number of carbonyl (C=O) groups is 1. The van der Waals surface area contributed by atoms with Crippen LogP contribution in [-0.4, -0.2) is 45.6 Å². The van der Waals surface area contributed by atoms with Gasteiger partial charge < -0.3 is 5.11 Å². The van der Waals surface area contributed by atoms with E-state index in [2.05, 4.69) is 15.1 Å². The van der Waals surface area contributed by atoms with Crippen LogP contribution in [0.4, 0.5) is 5.69 Å². The van der Waals surface area contributed by atoms with E-state index < -0.39 is 21.1 Å². The molecule has 3 aromatic rings. The van der Waals surface area contributed by atoms with E-state index in [0.717, 1.165) is 4.31 Å². The summed E-state index contributed by atoms with van der Waals surface area (Å²) in [6.45, 7) is 4.85. The molecule has 27 heavy (non-hydrogen) atoms. The molecule has 0 fully saturated rings. The molecule has 2 heterocycles. The Balaban J connectivity index is 2.24. The number of fused-ring (bicyclic) bond motifs is 1. The van der Waals surface area contributed by atoms with Crippen LogP contribution in [0.2, 0.25) is 5.02 Å². The molecule has 1 aromatic carbocycles. The van der Waals surface area contributed by atoms with Crippen LogP contribution < -0.4 is 4.31 Å². The Morgan fingerprint density at radius 2 is 2.00 bits per heavy atom. The molecule has 0 spiro atoms. The Morgan fingerprint density at radius 1 is 1.30 bits per heavy atom. The highest BCUT2D eigenvalue weighted by Crippen LogP contribution is 2.34. The monoisotopic (exact) mass is 409 g/mol. The van der Waals surface area contributed by atoms with E-state index in [1.807, 2.05) is 0 Å². The Kier molecular flexibility index (Phi) is 4.79. The third-order valence-corrected chi connectivity index (χ3v) is 6.13. The van der Waals surface area contributed by atoms with E-state index in [-0.39, 0.29) is 28.6 Å². The van der Waals surface area contributed by atoms with Crippen molar-refractivity contribution < 1.29 is 18.3 Å². The molecule has 0 aliphatic carbocycles. The molecule has 11 heteroatoms. The number of hydrogen-bond acceptors (Lipinski definition) is 6. The first kappa shape index (κ1) is 19.1. The molecule has 142 valence electrons. The van der Waals surface area contributed by atoms with Gasteiger partial charge in [0.15, 0.2) is 0 Å². The van der Waals surface area contributed by atoms with Crippen molar-refractivity contribution in [3.63, 3.8) is 0 Å². The smallest absolute Gasteiger partial charge is 0.337 e. The number of aromatic nitrogens is 4. The fraction of sp³-hybridized carbons (Fsp3) is 0.250. The molecule has 0 bridgehead atoms. The number of anilines is 1. The zero-order chi connectivity index (χ0) is 19.9. The number of benzene rings is 1. The third kappa shape index (κ3) is 3.10. The maximum absolute atomic E-state index is 13.2. The number of nitrogens with zero attached hydrogens (tertiary/aromatic N) is 5. The van der Waals surface area contributed by atoms with Crippen molar-refractivity contribution in [2.24, 2.45) is 0 Å². The van der Waals surface area contributed by atoms with Gasteiger partial charge in [0.05, 0.1) is 11.3 Å². The van der Waals surface area contributed by atoms with Crippen molar-refractivity contribution in [1.29, 1.82) is 0 Å². The quantitative estimate of drug-likeness (QED) is 0.686. The molecule has 0 amide bonds. The van der Waals surface area contributed by atoms with Gasteiger partial charge in [-0.25, -0.2) is 14.3 Å². The maximum Gasteiger partial charge on any atom is 0.337 e. The number of rotatable bonds is 5. The molecule has 0 unspecified atom stereocenters. The lowest BCUT2D eigenvalue weighted by atomic mass is 10.1. The summed E-state index contributed by atoms with van der Waals surface area (Å²) in [5.41, 5.74) is 0.795. The highest BCUT2D eigenvalue weighted by Gasteiger charge is 2.33. The van der Waals surface area contributed by atoms with Crippen molar-refractivity contribution >= 4 is 39.1 Å². The summed E-state index contributed by atoms with van der Waals surface area (Å²) in [6, 6.07) is 4.36. The summed E-state index contributed by atoms with van der Waals surface area (Å²) in [5.74, 6) is -1.13. The van der Waals surface area contributed by atoms with Crippen molar-refractivity contribution in [1.82, 2.24) is 19.6 Å². The van der Waals surface area contributed by atoms with Gasteiger partial charge in [0.25, 0.3) is 10.9 Å². The molecule has 0 atom stereocenters. The van der Waals surface area contributed by atoms with E-state index in [9.17, 15) is 18.3 Å². The van der Waals surface area contributed by atoms with Crippen LogP contribution in [-0.2, 0) is 10.0 Å². The van der Waals surface area contributed by atoms with Gasteiger partial charge in [-0.05, 0) is 44.5 Å². The van der Waals surface area contributed by atoms with Crippen LogP contribution in [0.1, 0.15) is 28.5 Å². The molecule has 0 aliphatic rings.